The predicted molar refractivity (Wildman–Crippen MR) is 66.3 cm³/mol. The Balaban J connectivity index is 2.73. The summed E-state index contributed by atoms with van der Waals surface area (Å²) in [6, 6.07) is 4.26. The van der Waals surface area contributed by atoms with E-state index in [1.165, 1.54) is 12.0 Å². The number of aromatic nitrogens is 1. The normalized spacial score (nSPS) is 11.5. The van der Waals surface area contributed by atoms with Crippen LogP contribution < -0.4 is 4.90 Å². The Bertz CT molecular complexity index is 299. The average Bonchev–Trinajstić information content (AvgIpc) is 2.18. The van der Waals surface area contributed by atoms with E-state index in [2.05, 4.69) is 37.9 Å². The fourth-order valence-electron chi connectivity index (χ4n) is 1.46. The zero-order valence-electron chi connectivity index (χ0n) is 10.5. The SMILES string of the molecule is CCC(C)(C)Cc1ccc(N(C)C)nc1. The number of pyridine rings is 1. The molecule has 0 saturated heterocycles. The Morgan fingerprint density at radius 3 is 2.33 bits per heavy atom. The van der Waals surface area contributed by atoms with Crippen molar-refractivity contribution in [2.24, 2.45) is 5.41 Å². The first kappa shape index (κ1) is 12.0. The van der Waals surface area contributed by atoms with E-state index in [9.17, 15) is 0 Å². The molecule has 0 unspecified atom stereocenters. The van der Waals surface area contributed by atoms with Gasteiger partial charge in [-0.2, -0.15) is 0 Å². The third-order valence-electron chi connectivity index (χ3n) is 2.91. The van der Waals surface area contributed by atoms with Crippen molar-refractivity contribution in [1.82, 2.24) is 4.98 Å². The van der Waals surface area contributed by atoms with Gasteiger partial charge < -0.3 is 4.90 Å². The molecule has 1 aromatic rings. The molecule has 0 bridgehead atoms. The summed E-state index contributed by atoms with van der Waals surface area (Å²) in [6.07, 6.45) is 4.29. The van der Waals surface area contributed by atoms with Gasteiger partial charge in [0.25, 0.3) is 0 Å². The van der Waals surface area contributed by atoms with Crippen LogP contribution in [-0.2, 0) is 6.42 Å². The van der Waals surface area contributed by atoms with Gasteiger partial charge in [0.1, 0.15) is 5.82 Å². The Kier molecular flexibility index (Phi) is 3.72. The molecule has 0 atom stereocenters. The number of hydrogen-bond acceptors (Lipinski definition) is 2. The molecule has 0 radical (unpaired) electrons. The largest absolute Gasteiger partial charge is 0.363 e. The van der Waals surface area contributed by atoms with Crippen LogP contribution in [-0.4, -0.2) is 19.1 Å². The van der Waals surface area contributed by atoms with E-state index in [0.29, 0.717) is 5.41 Å². The minimum Gasteiger partial charge on any atom is -0.363 e. The third-order valence-corrected chi connectivity index (χ3v) is 2.91. The molecule has 1 aromatic heterocycles. The smallest absolute Gasteiger partial charge is 0.127 e. The monoisotopic (exact) mass is 206 g/mol. The van der Waals surface area contributed by atoms with Crippen LogP contribution >= 0.6 is 0 Å². The van der Waals surface area contributed by atoms with Crippen LogP contribution in [0.2, 0.25) is 0 Å². The van der Waals surface area contributed by atoms with Gasteiger partial charge in [0.05, 0.1) is 0 Å². The second-order valence-corrected chi connectivity index (χ2v) is 5.11. The van der Waals surface area contributed by atoms with Crippen molar-refractivity contribution in [3.8, 4) is 0 Å². The van der Waals surface area contributed by atoms with Crippen LogP contribution in [0.15, 0.2) is 18.3 Å². The number of rotatable bonds is 4. The molecule has 0 aliphatic carbocycles. The molecule has 0 fully saturated rings. The van der Waals surface area contributed by atoms with E-state index in [-0.39, 0.29) is 0 Å². The van der Waals surface area contributed by atoms with Crippen molar-refractivity contribution < 1.29 is 0 Å². The minimum atomic E-state index is 0.376. The van der Waals surface area contributed by atoms with Crippen molar-refractivity contribution in [3.63, 3.8) is 0 Å². The molecule has 0 aliphatic rings. The standard InChI is InChI=1S/C13H22N2/c1-6-13(2,3)9-11-7-8-12(14-10-11)15(4)5/h7-8,10H,6,9H2,1-5H3. The quantitative estimate of drug-likeness (QED) is 0.752. The summed E-state index contributed by atoms with van der Waals surface area (Å²) in [7, 11) is 4.02. The average molecular weight is 206 g/mol. The summed E-state index contributed by atoms with van der Waals surface area (Å²) in [6.45, 7) is 6.83. The molecule has 0 amide bonds. The second kappa shape index (κ2) is 4.65. The first-order valence-corrected chi connectivity index (χ1v) is 5.57. The van der Waals surface area contributed by atoms with Gasteiger partial charge >= 0.3 is 0 Å². The molecule has 0 saturated carbocycles. The van der Waals surface area contributed by atoms with Gasteiger partial charge in [0.2, 0.25) is 0 Å². The van der Waals surface area contributed by atoms with Crippen molar-refractivity contribution in [3.05, 3.63) is 23.9 Å². The van der Waals surface area contributed by atoms with Crippen LogP contribution in [0.25, 0.3) is 0 Å². The number of nitrogens with zero attached hydrogens (tertiary/aromatic N) is 2. The Morgan fingerprint density at radius 2 is 1.93 bits per heavy atom. The summed E-state index contributed by atoms with van der Waals surface area (Å²) in [5.41, 5.74) is 1.70. The molecule has 0 N–H and O–H groups in total. The lowest BCUT2D eigenvalue weighted by molar-refractivity contribution is 0.349. The highest BCUT2D eigenvalue weighted by Crippen LogP contribution is 2.25. The fourth-order valence-corrected chi connectivity index (χ4v) is 1.46. The lowest BCUT2D eigenvalue weighted by Crippen LogP contribution is -2.14. The zero-order valence-corrected chi connectivity index (χ0v) is 10.5. The molecule has 84 valence electrons. The summed E-state index contributed by atoms with van der Waals surface area (Å²) >= 11 is 0. The van der Waals surface area contributed by atoms with Crippen LogP contribution in [0.1, 0.15) is 32.8 Å². The predicted octanol–water partition coefficient (Wildman–Crippen LogP) is 3.13. The van der Waals surface area contributed by atoms with E-state index in [0.717, 1.165) is 12.2 Å². The first-order valence-electron chi connectivity index (χ1n) is 5.57. The van der Waals surface area contributed by atoms with E-state index in [4.69, 9.17) is 0 Å². The molecule has 2 nitrogen and oxygen atoms in total. The van der Waals surface area contributed by atoms with Crippen LogP contribution in [0.4, 0.5) is 5.82 Å². The molecule has 0 spiro atoms. The van der Waals surface area contributed by atoms with Gasteiger partial charge in [-0.15, -0.1) is 0 Å². The van der Waals surface area contributed by atoms with Gasteiger partial charge in [-0.05, 0) is 23.5 Å². The summed E-state index contributed by atoms with van der Waals surface area (Å²) in [5.74, 6) is 1.02. The second-order valence-electron chi connectivity index (χ2n) is 5.11. The maximum atomic E-state index is 4.42. The number of hydrogen-bond donors (Lipinski definition) is 0. The molecule has 15 heavy (non-hydrogen) atoms. The molecule has 1 heterocycles. The maximum absolute atomic E-state index is 4.42. The highest BCUT2D eigenvalue weighted by atomic mass is 15.1. The lowest BCUT2D eigenvalue weighted by Gasteiger charge is -2.22. The van der Waals surface area contributed by atoms with Crippen molar-refractivity contribution in [2.45, 2.75) is 33.6 Å². The third kappa shape index (κ3) is 3.54. The van der Waals surface area contributed by atoms with E-state index in [1.54, 1.807) is 0 Å². The van der Waals surface area contributed by atoms with Gasteiger partial charge in [-0.3, -0.25) is 0 Å². The number of anilines is 1. The van der Waals surface area contributed by atoms with E-state index < -0.39 is 0 Å². The molecular weight excluding hydrogens is 184 g/mol. The first-order chi connectivity index (χ1) is 6.94. The summed E-state index contributed by atoms with van der Waals surface area (Å²) < 4.78 is 0. The van der Waals surface area contributed by atoms with E-state index >= 15 is 0 Å². The Hall–Kier alpha value is -1.05. The van der Waals surface area contributed by atoms with Gasteiger partial charge in [-0.25, -0.2) is 4.98 Å². The van der Waals surface area contributed by atoms with Crippen LogP contribution in [0.5, 0.6) is 0 Å². The van der Waals surface area contributed by atoms with Crippen molar-refractivity contribution >= 4 is 5.82 Å². The van der Waals surface area contributed by atoms with Crippen LogP contribution in [0.3, 0.4) is 0 Å². The Labute approximate surface area is 93.3 Å². The summed E-state index contributed by atoms with van der Waals surface area (Å²) in [4.78, 5) is 6.45. The zero-order chi connectivity index (χ0) is 11.5. The van der Waals surface area contributed by atoms with Crippen molar-refractivity contribution in [2.75, 3.05) is 19.0 Å². The minimum absolute atomic E-state index is 0.376. The molecular formula is C13H22N2. The molecule has 0 aliphatic heterocycles. The lowest BCUT2D eigenvalue weighted by atomic mass is 9.84. The van der Waals surface area contributed by atoms with Crippen molar-refractivity contribution in [1.29, 1.82) is 0 Å². The van der Waals surface area contributed by atoms with Gasteiger partial charge in [-0.1, -0.05) is 33.3 Å². The molecule has 2 heteroatoms. The topological polar surface area (TPSA) is 16.1 Å². The fraction of sp³-hybridized carbons (Fsp3) is 0.615. The van der Waals surface area contributed by atoms with Gasteiger partial charge in [0, 0.05) is 20.3 Å². The van der Waals surface area contributed by atoms with Crippen LogP contribution in [0, 0.1) is 5.41 Å². The molecule has 1 rings (SSSR count). The summed E-state index contributed by atoms with van der Waals surface area (Å²) in [5, 5.41) is 0. The maximum Gasteiger partial charge on any atom is 0.127 e. The molecule has 0 aromatic carbocycles. The highest BCUT2D eigenvalue weighted by molar-refractivity contribution is 5.37. The Morgan fingerprint density at radius 1 is 1.27 bits per heavy atom. The van der Waals surface area contributed by atoms with E-state index in [1.807, 2.05) is 25.2 Å². The highest BCUT2D eigenvalue weighted by Gasteiger charge is 2.15. The van der Waals surface area contributed by atoms with Gasteiger partial charge in [0.15, 0.2) is 0 Å².